The number of anilines is 3. The van der Waals surface area contributed by atoms with Gasteiger partial charge in [-0.15, -0.1) is 22.7 Å². The normalized spacial score (nSPS) is 10.1. The SMILES string of the molecule is N#Cc1c(Nc2ccccc2)sc(C(=O)c2cccs2)c1N. The van der Waals surface area contributed by atoms with Gasteiger partial charge in [0.25, 0.3) is 0 Å². The number of thiophene rings is 2. The van der Waals surface area contributed by atoms with Crippen molar-refractivity contribution < 1.29 is 4.79 Å². The molecule has 3 N–H and O–H groups in total. The first-order chi connectivity index (χ1) is 10.7. The van der Waals surface area contributed by atoms with Gasteiger partial charge in [0.1, 0.15) is 21.5 Å². The molecule has 1 aromatic carbocycles. The van der Waals surface area contributed by atoms with Gasteiger partial charge in [0.05, 0.1) is 10.6 Å². The van der Waals surface area contributed by atoms with Crippen molar-refractivity contribution in [1.82, 2.24) is 0 Å². The first-order valence-corrected chi connectivity index (χ1v) is 8.13. The summed E-state index contributed by atoms with van der Waals surface area (Å²) < 4.78 is 0. The largest absolute Gasteiger partial charge is 0.396 e. The van der Waals surface area contributed by atoms with Crippen LogP contribution in [0.15, 0.2) is 47.8 Å². The Bertz CT molecular complexity index is 846. The van der Waals surface area contributed by atoms with Crippen molar-refractivity contribution >= 4 is 44.8 Å². The van der Waals surface area contributed by atoms with Gasteiger partial charge in [0, 0.05) is 5.69 Å². The van der Waals surface area contributed by atoms with Crippen molar-refractivity contribution in [3.63, 3.8) is 0 Å². The molecule has 0 aliphatic rings. The van der Waals surface area contributed by atoms with Crippen molar-refractivity contribution in [2.75, 3.05) is 11.1 Å². The number of nitrogen functional groups attached to an aromatic ring is 1. The number of hydrogen-bond donors (Lipinski definition) is 2. The van der Waals surface area contributed by atoms with Crippen LogP contribution in [-0.4, -0.2) is 5.78 Å². The molecule has 0 saturated heterocycles. The van der Waals surface area contributed by atoms with E-state index in [1.807, 2.05) is 41.8 Å². The zero-order chi connectivity index (χ0) is 15.5. The lowest BCUT2D eigenvalue weighted by atomic mass is 10.2. The Balaban J connectivity index is 2.00. The van der Waals surface area contributed by atoms with Gasteiger partial charge in [0.2, 0.25) is 5.78 Å². The lowest BCUT2D eigenvalue weighted by Crippen LogP contribution is -2.00. The summed E-state index contributed by atoms with van der Waals surface area (Å²) in [6.45, 7) is 0. The molecule has 0 atom stereocenters. The monoisotopic (exact) mass is 325 g/mol. The lowest BCUT2D eigenvalue weighted by molar-refractivity contribution is 0.104. The van der Waals surface area contributed by atoms with Gasteiger partial charge >= 0.3 is 0 Å². The highest BCUT2D eigenvalue weighted by molar-refractivity contribution is 7.20. The van der Waals surface area contributed by atoms with E-state index in [1.165, 1.54) is 22.7 Å². The number of ketones is 1. The van der Waals surface area contributed by atoms with Gasteiger partial charge < -0.3 is 11.1 Å². The van der Waals surface area contributed by atoms with E-state index < -0.39 is 0 Å². The Morgan fingerprint density at radius 2 is 1.95 bits per heavy atom. The molecule has 3 aromatic rings. The molecule has 0 bridgehead atoms. The Morgan fingerprint density at radius 3 is 2.59 bits per heavy atom. The van der Waals surface area contributed by atoms with Crippen LogP contribution in [0.4, 0.5) is 16.4 Å². The third-order valence-corrected chi connectivity index (χ3v) is 5.03. The van der Waals surface area contributed by atoms with Crippen LogP contribution in [0.1, 0.15) is 20.1 Å². The van der Waals surface area contributed by atoms with E-state index in [2.05, 4.69) is 11.4 Å². The van der Waals surface area contributed by atoms with Gasteiger partial charge in [-0.2, -0.15) is 5.26 Å². The minimum atomic E-state index is -0.143. The Hall–Kier alpha value is -2.62. The van der Waals surface area contributed by atoms with E-state index in [0.717, 1.165) is 5.69 Å². The van der Waals surface area contributed by atoms with Crippen molar-refractivity contribution in [1.29, 1.82) is 5.26 Å². The summed E-state index contributed by atoms with van der Waals surface area (Å²) in [4.78, 5) is 13.5. The second-order valence-corrected chi connectivity index (χ2v) is 6.43. The summed E-state index contributed by atoms with van der Waals surface area (Å²) in [6.07, 6.45) is 0. The topological polar surface area (TPSA) is 78.9 Å². The smallest absolute Gasteiger partial charge is 0.215 e. The molecule has 0 unspecified atom stereocenters. The molecule has 0 saturated carbocycles. The molecular formula is C16H11N3OS2. The maximum atomic E-state index is 12.5. The van der Waals surface area contributed by atoms with Crippen molar-refractivity contribution in [2.24, 2.45) is 0 Å². The number of para-hydroxylation sites is 1. The molecular weight excluding hydrogens is 314 g/mol. The molecule has 0 aliphatic heterocycles. The van der Waals surface area contributed by atoms with E-state index in [-0.39, 0.29) is 11.5 Å². The molecule has 6 heteroatoms. The number of nitrogens with one attached hydrogen (secondary N) is 1. The molecule has 22 heavy (non-hydrogen) atoms. The van der Waals surface area contributed by atoms with Crippen LogP contribution in [-0.2, 0) is 0 Å². The molecule has 3 rings (SSSR count). The molecule has 2 aromatic heterocycles. The molecule has 0 spiro atoms. The lowest BCUT2D eigenvalue weighted by Gasteiger charge is -2.03. The predicted molar refractivity (Wildman–Crippen MR) is 90.9 cm³/mol. The van der Waals surface area contributed by atoms with Crippen LogP contribution >= 0.6 is 22.7 Å². The standard InChI is InChI=1S/C16H11N3OS2/c17-9-11-13(18)15(14(20)12-7-4-8-21-12)22-16(11)19-10-5-2-1-3-6-10/h1-8,19H,18H2. The minimum Gasteiger partial charge on any atom is -0.396 e. The van der Waals surface area contributed by atoms with E-state index >= 15 is 0 Å². The number of nitrogens with zero attached hydrogens (tertiary/aromatic N) is 1. The average Bonchev–Trinajstić information content (AvgIpc) is 3.16. The highest BCUT2D eigenvalue weighted by atomic mass is 32.1. The number of nitriles is 1. The average molecular weight is 325 g/mol. The number of carbonyl (C=O) groups excluding carboxylic acids is 1. The van der Waals surface area contributed by atoms with E-state index in [4.69, 9.17) is 5.73 Å². The van der Waals surface area contributed by atoms with Crippen LogP contribution in [0, 0.1) is 11.3 Å². The van der Waals surface area contributed by atoms with Crippen LogP contribution in [0.3, 0.4) is 0 Å². The molecule has 0 radical (unpaired) electrons. The Kier molecular flexibility index (Phi) is 3.92. The zero-order valence-electron chi connectivity index (χ0n) is 11.4. The summed E-state index contributed by atoms with van der Waals surface area (Å²) in [7, 11) is 0. The molecule has 2 heterocycles. The van der Waals surface area contributed by atoms with Gasteiger partial charge in [-0.05, 0) is 23.6 Å². The maximum Gasteiger partial charge on any atom is 0.215 e. The highest BCUT2D eigenvalue weighted by Gasteiger charge is 2.22. The predicted octanol–water partition coefficient (Wildman–Crippen LogP) is 4.24. The Morgan fingerprint density at radius 1 is 1.18 bits per heavy atom. The second-order valence-electron chi connectivity index (χ2n) is 4.46. The molecule has 108 valence electrons. The second kappa shape index (κ2) is 6.02. The van der Waals surface area contributed by atoms with Crippen LogP contribution in [0.5, 0.6) is 0 Å². The Labute approximate surface area is 135 Å². The summed E-state index contributed by atoms with van der Waals surface area (Å²) in [6, 6.07) is 15.1. The summed E-state index contributed by atoms with van der Waals surface area (Å²) in [5.41, 5.74) is 7.40. The minimum absolute atomic E-state index is 0.143. The van der Waals surface area contributed by atoms with Crippen LogP contribution in [0.25, 0.3) is 0 Å². The third kappa shape index (κ3) is 2.60. The fourth-order valence-electron chi connectivity index (χ4n) is 1.98. The first-order valence-electron chi connectivity index (χ1n) is 6.43. The number of carbonyl (C=O) groups is 1. The summed E-state index contributed by atoms with van der Waals surface area (Å²) in [5, 5.41) is 14.9. The number of rotatable bonds is 4. The van der Waals surface area contributed by atoms with E-state index in [0.29, 0.717) is 20.3 Å². The zero-order valence-corrected chi connectivity index (χ0v) is 13.0. The summed E-state index contributed by atoms with van der Waals surface area (Å²) >= 11 is 2.57. The van der Waals surface area contributed by atoms with Crippen molar-refractivity contribution in [3.8, 4) is 6.07 Å². The first kappa shape index (κ1) is 14.3. The van der Waals surface area contributed by atoms with Gasteiger partial charge in [-0.1, -0.05) is 24.3 Å². The van der Waals surface area contributed by atoms with E-state index in [1.54, 1.807) is 6.07 Å². The van der Waals surface area contributed by atoms with Crippen LogP contribution in [0.2, 0.25) is 0 Å². The van der Waals surface area contributed by atoms with Gasteiger partial charge in [0.15, 0.2) is 0 Å². The van der Waals surface area contributed by atoms with Crippen molar-refractivity contribution in [2.45, 2.75) is 0 Å². The fourth-order valence-corrected chi connectivity index (χ4v) is 3.76. The molecule has 0 fully saturated rings. The fraction of sp³-hybridized carbons (Fsp3) is 0. The van der Waals surface area contributed by atoms with Crippen LogP contribution < -0.4 is 11.1 Å². The molecule has 0 amide bonds. The number of benzene rings is 1. The molecule has 4 nitrogen and oxygen atoms in total. The summed E-state index contributed by atoms with van der Waals surface area (Å²) in [5.74, 6) is -0.143. The van der Waals surface area contributed by atoms with Gasteiger partial charge in [-0.25, -0.2) is 0 Å². The van der Waals surface area contributed by atoms with Gasteiger partial charge in [-0.3, -0.25) is 4.79 Å². The number of nitrogens with two attached hydrogens (primary N) is 1. The quantitative estimate of drug-likeness (QED) is 0.703. The highest BCUT2D eigenvalue weighted by Crippen LogP contribution is 2.38. The van der Waals surface area contributed by atoms with E-state index in [9.17, 15) is 10.1 Å². The molecule has 0 aliphatic carbocycles. The van der Waals surface area contributed by atoms with Crippen molar-refractivity contribution in [3.05, 3.63) is 63.2 Å². The third-order valence-electron chi connectivity index (χ3n) is 3.04. The maximum absolute atomic E-state index is 12.5. The number of hydrogen-bond acceptors (Lipinski definition) is 6.